The molecule has 2 rings (SSSR count). The van der Waals surface area contributed by atoms with Crippen LogP contribution in [0.4, 0.5) is 15.8 Å². The minimum atomic E-state index is -0.355. The van der Waals surface area contributed by atoms with Gasteiger partial charge < -0.3 is 10.2 Å². The number of nitrogens with one attached hydrogen (secondary N) is 1. The number of anilines is 2. The van der Waals surface area contributed by atoms with Crippen molar-refractivity contribution in [3.63, 3.8) is 0 Å². The topological polar surface area (TPSA) is 32.3 Å². The van der Waals surface area contributed by atoms with E-state index in [2.05, 4.69) is 5.32 Å². The predicted octanol–water partition coefficient (Wildman–Crippen LogP) is 3.60. The van der Waals surface area contributed by atoms with Crippen LogP contribution in [-0.2, 0) is 4.79 Å². The summed E-state index contributed by atoms with van der Waals surface area (Å²) < 4.78 is 13.2. The number of rotatable bonds is 5. The normalized spacial score (nSPS) is 10.2. The molecule has 21 heavy (non-hydrogen) atoms. The molecule has 0 aliphatic heterocycles. The lowest BCUT2D eigenvalue weighted by atomic mass is 10.2. The molecule has 0 aliphatic carbocycles. The van der Waals surface area contributed by atoms with Crippen molar-refractivity contribution in [2.24, 2.45) is 0 Å². The van der Waals surface area contributed by atoms with Gasteiger partial charge in [0.15, 0.2) is 0 Å². The molecule has 0 atom stereocenters. The van der Waals surface area contributed by atoms with Crippen LogP contribution < -0.4 is 10.2 Å². The quantitative estimate of drug-likeness (QED) is 0.911. The zero-order chi connectivity index (χ0) is 15.2. The Hall–Kier alpha value is -2.36. The number of carbonyl (C=O) groups is 1. The van der Waals surface area contributed by atoms with Crippen molar-refractivity contribution in [1.29, 1.82) is 0 Å². The van der Waals surface area contributed by atoms with Crippen LogP contribution in [-0.4, -0.2) is 19.0 Å². The first kappa shape index (κ1) is 15.0. The Morgan fingerprint density at radius 2 is 1.90 bits per heavy atom. The minimum absolute atomic E-state index is 0.158. The Morgan fingerprint density at radius 3 is 2.57 bits per heavy atom. The van der Waals surface area contributed by atoms with E-state index in [-0.39, 0.29) is 18.3 Å². The molecule has 1 amide bonds. The molecule has 0 unspecified atom stereocenters. The molecular formula is C17H19FN2O. The van der Waals surface area contributed by atoms with Crippen LogP contribution in [0.5, 0.6) is 0 Å². The third kappa shape index (κ3) is 4.05. The third-order valence-electron chi connectivity index (χ3n) is 3.31. The van der Waals surface area contributed by atoms with Crippen molar-refractivity contribution in [2.45, 2.75) is 13.8 Å². The minimum Gasteiger partial charge on any atom is -0.362 e. The second-order valence-electron chi connectivity index (χ2n) is 4.86. The lowest BCUT2D eigenvalue weighted by molar-refractivity contribution is -0.115. The van der Waals surface area contributed by atoms with E-state index in [1.807, 2.05) is 49.1 Å². The van der Waals surface area contributed by atoms with Gasteiger partial charge in [0.25, 0.3) is 0 Å². The fourth-order valence-corrected chi connectivity index (χ4v) is 2.12. The maximum Gasteiger partial charge on any atom is 0.243 e. The number of likely N-dealkylation sites (N-methyl/N-ethyl adjacent to an activating group) is 1. The van der Waals surface area contributed by atoms with Crippen LogP contribution in [0, 0.1) is 12.7 Å². The van der Waals surface area contributed by atoms with Crippen LogP contribution in [0.3, 0.4) is 0 Å². The van der Waals surface area contributed by atoms with Crippen molar-refractivity contribution in [3.05, 3.63) is 59.9 Å². The summed E-state index contributed by atoms with van der Waals surface area (Å²) in [4.78, 5) is 14.1. The molecule has 110 valence electrons. The molecule has 2 aromatic rings. The third-order valence-corrected chi connectivity index (χ3v) is 3.31. The first-order valence-electron chi connectivity index (χ1n) is 6.96. The fraction of sp³-hybridized carbons (Fsp3) is 0.235. The van der Waals surface area contributed by atoms with E-state index in [1.165, 1.54) is 12.1 Å². The van der Waals surface area contributed by atoms with Gasteiger partial charge in [-0.15, -0.1) is 0 Å². The summed E-state index contributed by atoms with van der Waals surface area (Å²) in [6.07, 6.45) is 0. The molecule has 0 heterocycles. The maximum atomic E-state index is 13.2. The average molecular weight is 286 g/mol. The summed E-state index contributed by atoms with van der Waals surface area (Å²) in [7, 11) is 0. The molecule has 4 heteroatoms. The van der Waals surface area contributed by atoms with Crippen molar-refractivity contribution in [1.82, 2.24) is 0 Å². The molecule has 0 saturated carbocycles. The molecule has 0 aliphatic rings. The van der Waals surface area contributed by atoms with E-state index in [0.29, 0.717) is 5.69 Å². The number of hydrogen-bond donors (Lipinski definition) is 1. The number of hydrogen-bond acceptors (Lipinski definition) is 2. The fourth-order valence-electron chi connectivity index (χ4n) is 2.12. The molecule has 0 saturated heterocycles. The first-order chi connectivity index (χ1) is 10.1. The average Bonchev–Trinajstić information content (AvgIpc) is 2.49. The highest BCUT2D eigenvalue weighted by atomic mass is 19.1. The summed E-state index contributed by atoms with van der Waals surface area (Å²) in [6, 6.07) is 14.1. The van der Waals surface area contributed by atoms with Crippen molar-refractivity contribution >= 4 is 17.3 Å². The maximum absolute atomic E-state index is 13.2. The monoisotopic (exact) mass is 286 g/mol. The lowest BCUT2D eigenvalue weighted by Gasteiger charge is -2.22. The number of carbonyl (C=O) groups excluding carboxylic acids is 1. The van der Waals surface area contributed by atoms with Gasteiger partial charge in [0.1, 0.15) is 5.82 Å². The number of amides is 1. The molecule has 2 aromatic carbocycles. The van der Waals surface area contributed by atoms with Gasteiger partial charge in [-0.25, -0.2) is 4.39 Å². The van der Waals surface area contributed by atoms with E-state index in [9.17, 15) is 9.18 Å². The van der Waals surface area contributed by atoms with Crippen LogP contribution in [0.15, 0.2) is 48.5 Å². The van der Waals surface area contributed by atoms with Crippen LogP contribution in [0.2, 0.25) is 0 Å². The Labute approximate surface area is 124 Å². The van der Waals surface area contributed by atoms with E-state index in [4.69, 9.17) is 0 Å². The number of halogens is 1. The second-order valence-corrected chi connectivity index (χ2v) is 4.86. The van der Waals surface area contributed by atoms with Gasteiger partial charge in [-0.2, -0.15) is 0 Å². The van der Waals surface area contributed by atoms with Gasteiger partial charge in [-0.05, 0) is 43.7 Å². The van der Waals surface area contributed by atoms with Gasteiger partial charge in [0.05, 0.1) is 6.54 Å². The first-order valence-corrected chi connectivity index (χ1v) is 6.96. The summed E-state index contributed by atoms with van der Waals surface area (Å²) in [5.74, 6) is -0.513. The molecule has 3 nitrogen and oxygen atoms in total. The van der Waals surface area contributed by atoms with Gasteiger partial charge in [0.2, 0.25) is 5.91 Å². The van der Waals surface area contributed by atoms with E-state index in [0.717, 1.165) is 17.8 Å². The lowest BCUT2D eigenvalue weighted by Crippen LogP contribution is -2.33. The van der Waals surface area contributed by atoms with Gasteiger partial charge in [-0.1, -0.05) is 24.3 Å². The number of benzene rings is 2. The zero-order valence-electron chi connectivity index (χ0n) is 12.3. The summed E-state index contributed by atoms with van der Waals surface area (Å²) >= 11 is 0. The summed E-state index contributed by atoms with van der Waals surface area (Å²) in [5, 5.41) is 2.76. The molecule has 0 aromatic heterocycles. The largest absolute Gasteiger partial charge is 0.362 e. The molecule has 0 spiro atoms. The smallest absolute Gasteiger partial charge is 0.243 e. The predicted molar refractivity (Wildman–Crippen MR) is 84.1 cm³/mol. The number of para-hydroxylation sites is 1. The molecule has 0 bridgehead atoms. The van der Waals surface area contributed by atoms with Crippen molar-refractivity contribution < 1.29 is 9.18 Å². The van der Waals surface area contributed by atoms with E-state index >= 15 is 0 Å². The Kier molecular flexibility index (Phi) is 4.93. The van der Waals surface area contributed by atoms with E-state index < -0.39 is 0 Å². The highest BCUT2D eigenvalue weighted by molar-refractivity contribution is 5.94. The van der Waals surface area contributed by atoms with Gasteiger partial charge >= 0.3 is 0 Å². The molecule has 0 radical (unpaired) electrons. The highest BCUT2D eigenvalue weighted by Crippen LogP contribution is 2.17. The highest BCUT2D eigenvalue weighted by Gasteiger charge is 2.11. The van der Waals surface area contributed by atoms with Gasteiger partial charge in [0, 0.05) is 17.9 Å². The standard InChI is InChI=1S/C17H19FN2O/c1-3-20(15-7-5-4-6-8-15)12-17(21)19-16-11-14(18)10-9-13(16)2/h4-11H,3,12H2,1-2H3,(H,19,21). The van der Waals surface area contributed by atoms with Crippen molar-refractivity contribution in [2.75, 3.05) is 23.3 Å². The summed E-state index contributed by atoms with van der Waals surface area (Å²) in [5.41, 5.74) is 2.35. The summed E-state index contributed by atoms with van der Waals surface area (Å²) in [6.45, 7) is 4.79. The Balaban J connectivity index is 2.05. The van der Waals surface area contributed by atoms with Crippen LogP contribution >= 0.6 is 0 Å². The second kappa shape index (κ2) is 6.88. The number of nitrogens with zero attached hydrogens (tertiary/aromatic N) is 1. The van der Waals surface area contributed by atoms with Gasteiger partial charge in [-0.3, -0.25) is 4.79 Å². The number of aryl methyl sites for hydroxylation is 1. The molecular weight excluding hydrogens is 267 g/mol. The van der Waals surface area contributed by atoms with E-state index in [1.54, 1.807) is 6.07 Å². The molecule has 1 N–H and O–H groups in total. The Morgan fingerprint density at radius 1 is 1.19 bits per heavy atom. The Bertz CT molecular complexity index is 613. The SMILES string of the molecule is CCN(CC(=O)Nc1cc(F)ccc1C)c1ccccc1. The van der Waals surface area contributed by atoms with Crippen LogP contribution in [0.1, 0.15) is 12.5 Å². The molecule has 0 fully saturated rings. The van der Waals surface area contributed by atoms with Crippen molar-refractivity contribution in [3.8, 4) is 0 Å². The van der Waals surface area contributed by atoms with Crippen LogP contribution in [0.25, 0.3) is 0 Å². The zero-order valence-corrected chi connectivity index (χ0v) is 12.3.